The predicted octanol–water partition coefficient (Wildman–Crippen LogP) is 1.84. The first kappa shape index (κ1) is 9.71. The Bertz CT molecular complexity index is 282. The van der Waals surface area contributed by atoms with Crippen molar-refractivity contribution >= 4 is 11.6 Å². The molecule has 1 aromatic rings. The summed E-state index contributed by atoms with van der Waals surface area (Å²) in [6.07, 6.45) is 3.38. The summed E-state index contributed by atoms with van der Waals surface area (Å²) < 4.78 is 0. The molecule has 0 aliphatic rings. The molecule has 1 heterocycles. The quantitative estimate of drug-likeness (QED) is 0.692. The number of carbonyl (C=O) groups is 1. The van der Waals surface area contributed by atoms with E-state index in [0.29, 0.717) is 0 Å². The Morgan fingerprint density at radius 2 is 1.92 bits per heavy atom. The van der Waals surface area contributed by atoms with Gasteiger partial charge in [0, 0.05) is 31.0 Å². The lowest BCUT2D eigenvalue weighted by molar-refractivity contribution is -0.116. The summed E-state index contributed by atoms with van der Waals surface area (Å²) in [7, 11) is 0. The van der Waals surface area contributed by atoms with Crippen molar-refractivity contribution in [2.45, 2.75) is 26.8 Å². The Hall–Kier alpha value is -1.38. The van der Waals surface area contributed by atoms with Gasteiger partial charge in [0.1, 0.15) is 0 Å². The van der Waals surface area contributed by atoms with Gasteiger partial charge in [0.05, 0.1) is 0 Å². The second kappa shape index (κ2) is 4.03. The minimum Gasteiger partial charge on any atom is -0.310 e. The van der Waals surface area contributed by atoms with Crippen molar-refractivity contribution in [1.29, 1.82) is 0 Å². The molecular formula is C10H14N2O. The third kappa shape index (κ3) is 2.28. The molecule has 1 amide bonds. The fraction of sp³-hybridized carbons (Fsp3) is 0.400. The van der Waals surface area contributed by atoms with Gasteiger partial charge in [0.25, 0.3) is 0 Å². The van der Waals surface area contributed by atoms with Gasteiger partial charge in [-0.05, 0) is 26.0 Å². The first-order valence-electron chi connectivity index (χ1n) is 4.32. The monoisotopic (exact) mass is 178 g/mol. The van der Waals surface area contributed by atoms with Gasteiger partial charge in [-0.15, -0.1) is 0 Å². The first-order chi connectivity index (χ1) is 6.13. The summed E-state index contributed by atoms with van der Waals surface area (Å²) >= 11 is 0. The van der Waals surface area contributed by atoms with Gasteiger partial charge in [-0.25, -0.2) is 0 Å². The van der Waals surface area contributed by atoms with Crippen LogP contribution in [0.3, 0.4) is 0 Å². The Labute approximate surface area is 78.4 Å². The van der Waals surface area contributed by atoms with E-state index in [1.807, 2.05) is 26.0 Å². The Morgan fingerprint density at radius 3 is 2.31 bits per heavy atom. The van der Waals surface area contributed by atoms with Crippen molar-refractivity contribution in [2.24, 2.45) is 0 Å². The fourth-order valence-electron chi connectivity index (χ4n) is 1.35. The minimum absolute atomic E-state index is 0.0567. The van der Waals surface area contributed by atoms with Gasteiger partial charge in [0.2, 0.25) is 5.91 Å². The Balaban J connectivity index is 2.96. The normalized spacial score (nSPS) is 10.2. The summed E-state index contributed by atoms with van der Waals surface area (Å²) in [4.78, 5) is 16.9. The molecule has 0 aliphatic carbocycles. The van der Waals surface area contributed by atoms with Crippen molar-refractivity contribution in [3.8, 4) is 0 Å². The topological polar surface area (TPSA) is 33.2 Å². The molecule has 0 aromatic carbocycles. The van der Waals surface area contributed by atoms with Crippen LogP contribution >= 0.6 is 0 Å². The lowest BCUT2D eigenvalue weighted by Crippen LogP contribution is -2.34. The molecule has 0 unspecified atom stereocenters. The molecule has 0 spiro atoms. The van der Waals surface area contributed by atoms with E-state index in [0.717, 1.165) is 5.69 Å². The number of rotatable bonds is 2. The zero-order valence-corrected chi connectivity index (χ0v) is 8.19. The molecule has 1 aromatic heterocycles. The lowest BCUT2D eigenvalue weighted by Gasteiger charge is -2.24. The maximum absolute atomic E-state index is 11.3. The van der Waals surface area contributed by atoms with Gasteiger partial charge >= 0.3 is 0 Å². The predicted molar refractivity (Wildman–Crippen MR) is 52.5 cm³/mol. The first-order valence-corrected chi connectivity index (χ1v) is 4.32. The van der Waals surface area contributed by atoms with E-state index in [-0.39, 0.29) is 11.9 Å². The van der Waals surface area contributed by atoms with E-state index in [2.05, 4.69) is 4.98 Å². The van der Waals surface area contributed by atoms with E-state index in [1.54, 1.807) is 24.2 Å². The molecule has 0 bridgehead atoms. The van der Waals surface area contributed by atoms with Crippen LogP contribution in [0.25, 0.3) is 0 Å². The molecule has 3 heteroatoms. The fourth-order valence-corrected chi connectivity index (χ4v) is 1.35. The van der Waals surface area contributed by atoms with Gasteiger partial charge < -0.3 is 4.90 Å². The van der Waals surface area contributed by atoms with E-state index < -0.39 is 0 Å². The molecule has 13 heavy (non-hydrogen) atoms. The van der Waals surface area contributed by atoms with Crippen LogP contribution in [-0.4, -0.2) is 16.9 Å². The van der Waals surface area contributed by atoms with Gasteiger partial charge in [-0.2, -0.15) is 0 Å². The highest BCUT2D eigenvalue weighted by molar-refractivity contribution is 5.91. The summed E-state index contributed by atoms with van der Waals surface area (Å²) in [5.74, 6) is 0.0567. The van der Waals surface area contributed by atoms with Crippen molar-refractivity contribution in [1.82, 2.24) is 4.98 Å². The molecule has 0 radical (unpaired) electrons. The third-order valence-electron chi connectivity index (χ3n) is 1.80. The molecule has 0 saturated heterocycles. The van der Waals surface area contributed by atoms with Gasteiger partial charge in [0.15, 0.2) is 0 Å². The minimum atomic E-state index is 0.0567. The van der Waals surface area contributed by atoms with E-state index >= 15 is 0 Å². The van der Waals surface area contributed by atoms with E-state index in [4.69, 9.17) is 0 Å². The van der Waals surface area contributed by atoms with E-state index in [1.165, 1.54) is 0 Å². The van der Waals surface area contributed by atoms with Crippen LogP contribution < -0.4 is 4.90 Å². The molecule has 0 atom stereocenters. The highest BCUT2D eigenvalue weighted by Gasteiger charge is 2.13. The Morgan fingerprint density at radius 1 is 1.38 bits per heavy atom. The largest absolute Gasteiger partial charge is 0.310 e. The van der Waals surface area contributed by atoms with Crippen LogP contribution in [0.2, 0.25) is 0 Å². The van der Waals surface area contributed by atoms with Crippen LogP contribution in [0.4, 0.5) is 5.69 Å². The maximum atomic E-state index is 11.3. The van der Waals surface area contributed by atoms with Crippen molar-refractivity contribution < 1.29 is 4.79 Å². The molecule has 0 saturated carbocycles. The number of anilines is 1. The van der Waals surface area contributed by atoms with E-state index in [9.17, 15) is 4.79 Å². The van der Waals surface area contributed by atoms with Crippen LogP contribution in [-0.2, 0) is 4.79 Å². The smallest absolute Gasteiger partial charge is 0.224 e. The number of nitrogens with zero attached hydrogens (tertiary/aromatic N) is 2. The number of carbonyl (C=O) groups excluding carboxylic acids is 1. The molecule has 0 aliphatic heterocycles. The average Bonchev–Trinajstić information content (AvgIpc) is 2.04. The molecule has 3 nitrogen and oxygen atoms in total. The molecule has 0 N–H and O–H groups in total. The van der Waals surface area contributed by atoms with Crippen LogP contribution in [0.1, 0.15) is 20.8 Å². The zero-order chi connectivity index (χ0) is 9.84. The molecule has 0 fully saturated rings. The lowest BCUT2D eigenvalue weighted by atomic mass is 10.2. The average molecular weight is 178 g/mol. The second-order valence-electron chi connectivity index (χ2n) is 3.19. The highest BCUT2D eigenvalue weighted by Crippen LogP contribution is 2.15. The highest BCUT2D eigenvalue weighted by atomic mass is 16.2. The van der Waals surface area contributed by atoms with Gasteiger partial charge in [-0.1, -0.05) is 0 Å². The summed E-state index contributed by atoms with van der Waals surface area (Å²) in [5.41, 5.74) is 0.900. The number of hydrogen-bond donors (Lipinski definition) is 0. The van der Waals surface area contributed by atoms with Crippen molar-refractivity contribution in [3.05, 3.63) is 24.5 Å². The Kier molecular flexibility index (Phi) is 3.01. The third-order valence-corrected chi connectivity index (χ3v) is 1.80. The van der Waals surface area contributed by atoms with Crippen LogP contribution in [0, 0.1) is 0 Å². The molecule has 1 rings (SSSR count). The van der Waals surface area contributed by atoms with Crippen molar-refractivity contribution in [3.63, 3.8) is 0 Å². The molecule has 70 valence electrons. The van der Waals surface area contributed by atoms with Crippen molar-refractivity contribution in [2.75, 3.05) is 4.90 Å². The van der Waals surface area contributed by atoms with Crippen LogP contribution in [0.5, 0.6) is 0 Å². The van der Waals surface area contributed by atoms with Gasteiger partial charge in [-0.3, -0.25) is 9.78 Å². The van der Waals surface area contributed by atoms with Crippen LogP contribution in [0.15, 0.2) is 24.5 Å². The number of hydrogen-bond acceptors (Lipinski definition) is 2. The molecular weight excluding hydrogens is 164 g/mol. The maximum Gasteiger partial charge on any atom is 0.224 e. The number of aromatic nitrogens is 1. The number of amides is 1. The zero-order valence-electron chi connectivity index (χ0n) is 8.19. The second-order valence-corrected chi connectivity index (χ2v) is 3.19. The number of pyridine rings is 1. The summed E-state index contributed by atoms with van der Waals surface area (Å²) in [5, 5.41) is 0. The summed E-state index contributed by atoms with van der Waals surface area (Å²) in [6, 6.07) is 3.85. The standard InChI is InChI=1S/C10H14N2O/c1-8(2)12(9(3)13)10-4-6-11-7-5-10/h4-8H,1-3H3. The SMILES string of the molecule is CC(=O)N(c1ccncc1)C(C)C. The summed E-state index contributed by atoms with van der Waals surface area (Å²) in [6.45, 7) is 5.55.